The maximum Gasteiger partial charge on any atom is 0.328 e. The number of ether oxygens (including phenoxy) is 5. The summed E-state index contributed by atoms with van der Waals surface area (Å²) >= 11 is 1.32. The number of rotatable bonds is 13. The molecule has 1 atom stereocenters. The van der Waals surface area contributed by atoms with Crippen LogP contribution in [0.1, 0.15) is 12.5 Å². The number of methoxy groups -OCH3 is 3. The second-order valence-corrected chi connectivity index (χ2v) is 6.52. The first kappa shape index (κ1) is 23.9. The molecular formula is C18H26O9S. The lowest BCUT2D eigenvalue weighted by molar-refractivity contribution is -0.176. The fourth-order valence-electron chi connectivity index (χ4n) is 2.29. The molecule has 0 amide bonds. The standard InChI is InChI=1S/C18H26O9S/c1-5-27-17(22)18(9-19,16(20)21)10-26-11-28-8-13-14(24-3)6-12(23-2)7-15(13)25-4/h6-7,19H,5,8-11H2,1-4H3,(H,20,21). The van der Waals surface area contributed by atoms with Crippen LogP contribution in [0.5, 0.6) is 17.2 Å². The minimum absolute atomic E-state index is 0.000325. The molecule has 0 saturated heterocycles. The molecule has 0 aliphatic rings. The van der Waals surface area contributed by atoms with Gasteiger partial charge in [0, 0.05) is 23.4 Å². The number of carbonyl (C=O) groups excluding carboxylic acids is 1. The molecular weight excluding hydrogens is 392 g/mol. The Bertz CT molecular complexity index is 639. The molecule has 0 heterocycles. The number of hydrogen-bond acceptors (Lipinski definition) is 9. The van der Waals surface area contributed by atoms with Gasteiger partial charge in [-0.15, -0.1) is 11.8 Å². The highest BCUT2D eigenvalue weighted by Gasteiger charge is 2.48. The van der Waals surface area contributed by atoms with Gasteiger partial charge in [0.1, 0.15) is 17.2 Å². The second kappa shape index (κ2) is 11.6. The van der Waals surface area contributed by atoms with Crippen molar-refractivity contribution in [1.29, 1.82) is 0 Å². The van der Waals surface area contributed by atoms with Gasteiger partial charge in [-0.2, -0.15) is 0 Å². The van der Waals surface area contributed by atoms with E-state index in [1.807, 2.05) is 0 Å². The largest absolute Gasteiger partial charge is 0.496 e. The smallest absolute Gasteiger partial charge is 0.328 e. The highest BCUT2D eigenvalue weighted by atomic mass is 32.2. The number of aliphatic hydroxyl groups excluding tert-OH is 1. The molecule has 0 spiro atoms. The monoisotopic (exact) mass is 418 g/mol. The average Bonchev–Trinajstić information content (AvgIpc) is 2.70. The van der Waals surface area contributed by atoms with Gasteiger partial charge < -0.3 is 33.9 Å². The summed E-state index contributed by atoms with van der Waals surface area (Å²) in [6.07, 6.45) is 0. The Morgan fingerprint density at radius 3 is 2.14 bits per heavy atom. The lowest BCUT2D eigenvalue weighted by Gasteiger charge is -2.24. The van der Waals surface area contributed by atoms with Crippen LogP contribution in [-0.4, -0.2) is 69.2 Å². The molecule has 1 aromatic carbocycles. The average molecular weight is 418 g/mol. The Labute approximate surface area is 167 Å². The number of carbonyl (C=O) groups is 2. The highest BCUT2D eigenvalue weighted by Crippen LogP contribution is 2.36. The van der Waals surface area contributed by atoms with Crippen molar-refractivity contribution < 1.29 is 43.5 Å². The summed E-state index contributed by atoms with van der Waals surface area (Å²) in [6, 6.07) is 3.45. The van der Waals surface area contributed by atoms with E-state index in [1.54, 1.807) is 19.1 Å². The molecule has 0 aromatic heterocycles. The molecule has 0 bridgehead atoms. The predicted octanol–water partition coefficient (Wildman–Crippen LogP) is 1.55. The van der Waals surface area contributed by atoms with Crippen molar-refractivity contribution >= 4 is 23.7 Å². The number of aliphatic hydroxyl groups is 1. The van der Waals surface area contributed by atoms with Gasteiger partial charge in [-0.05, 0) is 6.92 Å². The van der Waals surface area contributed by atoms with E-state index in [0.717, 1.165) is 5.56 Å². The van der Waals surface area contributed by atoms with Gasteiger partial charge in [-0.1, -0.05) is 0 Å². The third-order valence-corrected chi connectivity index (χ3v) is 4.75. The number of benzene rings is 1. The summed E-state index contributed by atoms with van der Waals surface area (Å²) in [4.78, 5) is 23.4. The molecule has 158 valence electrons. The Kier molecular flexibility index (Phi) is 9.91. The Hall–Kier alpha value is -2.17. The van der Waals surface area contributed by atoms with Crippen LogP contribution >= 0.6 is 11.8 Å². The van der Waals surface area contributed by atoms with Crippen molar-refractivity contribution in [2.24, 2.45) is 5.41 Å². The third-order valence-electron chi connectivity index (χ3n) is 3.92. The number of thioether (sulfide) groups is 1. The van der Waals surface area contributed by atoms with Crippen LogP contribution in [0.4, 0.5) is 0 Å². The quantitative estimate of drug-likeness (QED) is 0.211. The van der Waals surface area contributed by atoms with Crippen molar-refractivity contribution in [3.8, 4) is 17.2 Å². The van der Waals surface area contributed by atoms with Crippen molar-refractivity contribution in [2.45, 2.75) is 12.7 Å². The van der Waals surface area contributed by atoms with E-state index in [2.05, 4.69) is 0 Å². The third kappa shape index (κ3) is 5.66. The van der Waals surface area contributed by atoms with Crippen molar-refractivity contribution in [3.63, 3.8) is 0 Å². The van der Waals surface area contributed by atoms with E-state index in [-0.39, 0.29) is 12.5 Å². The van der Waals surface area contributed by atoms with Gasteiger partial charge in [0.05, 0.1) is 47.1 Å². The first-order valence-corrected chi connectivity index (χ1v) is 9.51. The lowest BCUT2D eigenvalue weighted by atomic mass is 9.90. The Balaban J connectivity index is 2.74. The van der Waals surface area contributed by atoms with Crippen LogP contribution in [0.2, 0.25) is 0 Å². The predicted molar refractivity (Wildman–Crippen MR) is 102 cm³/mol. The minimum Gasteiger partial charge on any atom is -0.496 e. The molecule has 0 saturated carbocycles. The van der Waals surface area contributed by atoms with Crippen LogP contribution in [0.15, 0.2) is 12.1 Å². The number of hydrogen-bond donors (Lipinski definition) is 2. The summed E-state index contributed by atoms with van der Waals surface area (Å²) in [5, 5.41) is 18.8. The number of carboxylic acids is 1. The lowest BCUT2D eigenvalue weighted by Crippen LogP contribution is -2.47. The van der Waals surface area contributed by atoms with Gasteiger partial charge >= 0.3 is 11.9 Å². The van der Waals surface area contributed by atoms with E-state index >= 15 is 0 Å². The number of carboxylic acid groups (broad SMARTS) is 1. The van der Waals surface area contributed by atoms with Gasteiger partial charge in [-0.25, -0.2) is 0 Å². The zero-order chi connectivity index (χ0) is 21.2. The number of esters is 1. The molecule has 1 rings (SSSR count). The van der Waals surface area contributed by atoms with Gasteiger partial charge in [0.15, 0.2) is 0 Å². The van der Waals surface area contributed by atoms with Crippen LogP contribution in [0.25, 0.3) is 0 Å². The van der Waals surface area contributed by atoms with Crippen molar-refractivity contribution in [2.75, 3.05) is 47.1 Å². The Morgan fingerprint density at radius 2 is 1.71 bits per heavy atom. The summed E-state index contributed by atoms with van der Waals surface area (Å²) in [5.74, 6) is -0.287. The first-order chi connectivity index (χ1) is 13.4. The van der Waals surface area contributed by atoms with E-state index in [9.17, 15) is 19.8 Å². The number of aliphatic carboxylic acids is 1. The minimum atomic E-state index is -2.15. The topological polar surface area (TPSA) is 121 Å². The van der Waals surface area contributed by atoms with Crippen LogP contribution in [0.3, 0.4) is 0 Å². The molecule has 0 radical (unpaired) electrons. The van der Waals surface area contributed by atoms with E-state index < -0.39 is 30.6 Å². The summed E-state index contributed by atoms with van der Waals surface area (Å²) in [5.41, 5.74) is -1.37. The van der Waals surface area contributed by atoms with Crippen LogP contribution < -0.4 is 14.2 Å². The molecule has 28 heavy (non-hydrogen) atoms. The fraction of sp³-hybridized carbons (Fsp3) is 0.556. The maximum absolute atomic E-state index is 12.0. The highest BCUT2D eigenvalue weighted by molar-refractivity contribution is 7.98. The van der Waals surface area contributed by atoms with Crippen LogP contribution in [0, 0.1) is 5.41 Å². The molecule has 2 N–H and O–H groups in total. The van der Waals surface area contributed by atoms with Gasteiger partial charge in [0.25, 0.3) is 0 Å². The maximum atomic E-state index is 12.0. The molecule has 1 aromatic rings. The molecule has 0 fully saturated rings. The molecule has 10 heteroatoms. The normalized spacial score (nSPS) is 12.8. The van der Waals surface area contributed by atoms with Crippen molar-refractivity contribution in [3.05, 3.63) is 17.7 Å². The summed E-state index contributed by atoms with van der Waals surface area (Å²) in [6.45, 7) is 0.113. The van der Waals surface area contributed by atoms with E-state index in [0.29, 0.717) is 23.0 Å². The first-order valence-electron chi connectivity index (χ1n) is 8.36. The van der Waals surface area contributed by atoms with E-state index in [1.165, 1.54) is 33.1 Å². The van der Waals surface area contributed by atoms with E-state index in [4.69, 9.17) is 23.7 Å². The summed E-state index contributed by atoms with van der Waals surface area (Å²) < 4.78 is 26.0. The fourth-order valence-corrected chi connectivity index (χ4v) is 3.07. The van der Waals surface area contributed by atoms with Gasteiger partial charge in [0.2, 0.25) is 5.41 Å². The summed E-state index contributed by atoms with van der Waals surface area (Å²) in [7, 11) is 4.59. The van der Waals surface area contributed by atoms with Crippen molar-refractivity contribution in [1.82, 2.24) is 0 Å². The zero-order valence-electron chi connectivity index (χ0n) is 16.4. The molecule has 0 aliphatic heterocycles. The Morgan fingerprint density at radius 1 is 1.11 bits per heavy atom. The SMILES string of the molecule is CCOC(=O)C(CO)(COCSCc1c(OC)cc(OC)cc1OC)C(=O)O. The van der Waals surface area contributed by atoms with Gasteiger partial charge in [-0.3, -0.25) is 9.59 Å². The second-order valence-electron chi connectivity index (χ2n) is 5.59. The van der Waals surface area contributed by atoms with Crippen LogP contribution in [-0.2, 0) is 24.8 Å². The zero-order valence-corrected chi connectivity index (χ0v) is 17.2. The molecule has 1 unspecified atom stereocenters. The molecule has 0 aliphatic carbocycles. The molecule has 9 nitrogen and oxygen atoms in total.